The molecule has 24 heavy (non-hydrogen) atoms. The number of benzene rings is 1. The van der Waals surface area contributed by atoms with Crippen molar-refractivity contribution in [3.63, 3.8) is 0 Å². The number of carbonyl (C=O) groups is 2. The standard InChI is InChI=1S/C15H14N2O6S/c1-9(14(18)16-10-4-3-5-11(8-10)22-2)23-15(19)12-6-7-13(24-12)17(20)21/h3-9H,1-2H3,(H,16,18)/t9-/m0/s1. The predicted octanol–water partition coefficient (Wildman–Crippen LogP) is 2.85. The number of ether oxygens (including phenoxy) is 2. The second kappa shape index (κ2) is 7.55. The third-order valence-corrected chi connectivity index (χ3v) is 3.98. The maximum Gasteiger partial charge on any atom is 0.349 e. The van der Waals surface area contributed by atoms with E-state index in [0.717, 1.165) is 0 Å². The maximum atomic E-state index is 12.1. The van der Waals surface area contributed by atoms with E-state index in [1.54, 1.807) is 24.3 Å². The number of amides is 1. The van der Waals surface area contributed by atoms with Gasteiger partial charge in [0.1, 0.15) is 10.6 Å². The number of nitrogens with one attached hydrogen (secondary N) is 1. The van der Waals surface area contributed by atoms with E-state index >= 15 is 0 Å². The number of nitrogens with zero attached hydrogens (tertiary/aromatic N) is 1. The van der Waals surface area contributed by atoms with Gasteiger partial charge in [0.15, 0.2) is 6.10 Å². The van der Waals surface area contributed by atoms with E-state index < -0.39 is 22.9 Å². The van der Waals surface area contributed by atoms with E-state index in [1.165, 1.54) is 26.2 Å². The molecule has 1 N–H and O–H groups in total. The Kier molecular flexibility index (Phi) is 5.48. The highest BCUT2D eigenvalue weighted by Gasteiger charge is 2.22. The molecule has 0 radical (unpaired) electrons. The smallest absolute Gasteiger partial charge is 0.349 e. The Morgan fingerprint density at radius 3 is 2.67 bits per heavy atom. The number of carbonyl (C=O) groups excluding carboxylic acids is 2. The number of rotatable bonds is 6. The first-order valence-corrected chi connectivity index (χ1v) is 7.62. The monoisotopic (exact) mass is 350 g/mol. The molecule has 0 fully saturated rings. The molecule has 0 bridgehead atoms. The lowest BCUT2D eigenvalue weighted by atomic mass is 10.3. The van der Waals surface area contributed by atoms with Gasteiger partial charge in [-0.2, -0.15) is 0 Å². The molecule has 9 heteroatoms. The Morgan fingerprint density at radius 2 is 2.04 bits per heavy atom. The first-order chi connectivity index (χ1) is 11.4. The Balaban J connectivity index is 1.97. The fraction of sp³-hybridized carbons (Fsp3) is 0.200. The Bertz CT molecular complexity index is 773. The Morgan fingerprint density at radius 1 is 1.29 bits per heavy atom. The molecule has 0 aliphatic rings. The molecule has 8 nitrogen and oxygen atoms in total. The Labute approximate surface area is 141 Å². The average molecular weight is 350 g/mol. The molecule has 1 aromatic carbocycles. The van der Waals surface area contributed by atoms with Crippen LogP contribution in [-0.2, 0) is 9.53 Å². The van der Waals surface area contributed by atoms with Crippen LogP contribution in [0.3, 0.4) is 0 Å². The van der Waals surface area contributed by atoms with Gasteiger partial charge >= 0.3 is 11.0 Å². The zero-order chi connectivity index (χ0) is 17.7. The van der Waals surface area contributed by atoms with Crippen molar-refractivity contribution in [1.82, 2.24) is 0 Å². The average Bonchev–Trinajstić information content (AvgIpc) is 3.05. The fourth-order valence-corrected chi connectivity index (χ4v) is 2.46. The normalized spacial score (nSPS) is 11.4. The molecule has 0 saturated carbocycles. The van der Waals surface area contributed by atoms with Crippen molar-refractivity contribution in [2.45, 2.75) is 13.0 Å². The number of thiophene rings is 1. The van der Waals surface area contributed by atoms with Gasteiger partial charge in [-0.3, -0.25) is 14.9 Å². The molecule has 0 unspecified atom stereocenters. The van der Waals surface area contributed by atoms with Crippen LogP contribution in [0.5, 0.6) is 5.75 Å². The number of nitro groups is 1. The zero-order valence-electron chi connectivity index (χ0n) is 12.8. The van der Waals surface area contributed by atoms with Gasteiger partial charge in [0, 0.05) is 17.8 Å². The summed E-state index contributed by atoms with van der Waals surface area (Å²) in [6, 6.07) is 9.21. The molecule has 1 atom stereocenters. The summed E-state index contributed by atoms with van der Waals surface area (Å²) in [5.41, 5.74) is 0.494. The van der Waals surface area contributed by atoms with Gasteiger partial charge in [0.05, 0.1) is 12.0 Å². The van der Waals surface area contributed by atoms with Crippen molar-refractivity contribution in [2.75, 3.05) is 12.4 Å². The maximum absolute atomic E-state index is 12.1. The van der Waals surface area contributed by atoms with Gasteiger partial charge in [0.2, 0.25) is 0 Å². The second-order valence-electron chi connectivity index (χ2n) is 4.66. The summed E-state index contributed by atoms with van der Waals surface area (Å²) in [6.07, 6.45) is -1.06. The highest BCUT2D eigenvalue weighted by atomic mass is 32.1. The van der Waals surface area contributed by atoms with Crippen molar-refractivity contribution in [2.24, 2.45) is 0 Å². The lowest BCUT2D eigenvalue weighted by Crippen LogP contribution is -2.29. The molecule has 2 aromatic rings. The van der Waals surface area contributed by atoms with E-state index in [2.05, 4.69) is 5.32 Å². The first-order valence-electron chi connectivity index (χ1n) is 6.81. The van der Waals surface area contributed by atoms with Crippen LogP contribution in [0.2, 0.25) is 0 Å². The number of hydrogen-bond acceptors (Lipinski definition) is 7. The van der Waals surface area contributed by atoms with E-state index in [-0.39, 0.29) is 9.88 Å². The molecule has 0 aliphatic heterocycles. The number of esters is 1. The molecule has 1 heterocycles. The molecule has 2 rings (SSSR count). The summed E-state index contributed by atoms with van der Waals surface area (Å²) in [4.78, 5) is 34.0. The lowest BCUT2D eigenvalue weighted by molar-refractivity contribution is -0.380. The van der Waals surface area contributed by atoms with Gasteiger partial charge in [-0.15, -0.1) is 0 Å². The van der Waals surface area contributed by atoms with Crippen LogP contribution in [0.15, 0.2) is 36.4 Å². The third kappa shape index (κ3) is 4.29. The molecule has 0 saturated heterocycles. The highest BCUT2D eigenvalue weighted by molar-refractivity contribution is 7.17. The largest absolute Gasteiger partial charge is 0.497 e. The lowest BCUT2D eigenvalue weighted by Gasteiger charge is -2.13. The van der Waals surface area contributed by atoms with Crippen molar-refractivity contribution in [1.29, 1.82) is 0 Å². The third-order valence-electron chi connectivity index (χ3n) is 2.96. The summed E-state index contributed by atoms with van der Waals surface area (Å²) in [5.74, 6) is -0.743. The van der Waals surface area contributed by atoms with Gasteiger partial charge in [-0.25, -0.2) is 4.79 Å². The van der Waals surface area contributed by atoms with E-state index in [4.69, 9.17) is 9.47 Å². The highest BCUT2D eigenvalue weighted by Crippen LogP contribution is 2.25. The van der Waals surface area contributed by atoms with Crippen LogP contribution in [0.1, 0.15) is 16.6 Å². The van der Waals surface area contributed by atoms with Gasteiger partial charge < -0.3 is 14.8 Å². The SMILES string of the molecule is COc1cccc(NC(=O)[C@H](C)OC(=O)c2ccc([N+](=O)[O-])s2)c1. The predicted molar refractivity (Wildman–Crippen MR) is 87.5 cm³/mol. The van der Waals surface area contributed by atoms with Crippen molar-refractivity contribution < 1.29 is 24.0 Å². The van der Waals surface area contributed by atoms with Crippen LogP contribution in [-0.4, -0.2) is 30.0 Å². The molecular formula is C15H14N2O6S. The summed E-state index contributed by atoms with van der Waals surface area (Å²) >= 11 is 0.690. The van der Waals surface area contributed by atoms with Crippen LogP contribution in [0.25, 0.3) is 0 Å². The molecular weight excluding hydrogens is 336 g/mol. The van der Waals surface area contributed by atoms with Crippen molar-refractivity contribution in [3.8, 4) is 5.75 Å². The van der Waals surface area contributed by atoms with Crippen molar-refractivity contribution in [3.05, 3.63) is 51.4 Å². The summed E-state index contributed by atoms with van der Waals surface area (Å²) < 4.78 is 10.1. The first kappa shape index (κ1) is 17.4. The minimum Gasteiger partial charge on any atom is -0.497 e. The van der Waals surface area contributed by atoms with E-state index in [1.807, 2.05) is 0 Å². The molecule has 1 amide bonds. The molecule has 126 valence electrons. The Hall–Kier alpha value is -2.94. The minimum absolute atomic E-state index is 0.0581. The second-order valence-corrected chi connectivity index (χ2v) is 5.73. The van der Waals surface area contributed by atoms with Gasteiger partial charge in [0.25, 0.3) is 5.91 Å². The molecule has 0 spiro atoms. The zero-order valence-corrected chi connectivity index (χ0v) is 13.7. The van der Waals surface area contributed by atoms with Crippen LogP contribution < -0.4 is 10.1 Å². The minimum atomic E-state index is -1.06. The van der Waals surface area contributed by atoms with E-state index in [0.29, 0.717) is 22.8 Å². The number of hydrogen-bond donors (Lipinski definition) is 1. The van der Waals surface area contributed by atoms with Crippen LogP contribution >= 0.6 is 11.3 Å². The van der Waals surface area contributed by atoms with Crippen LogP contribution in [0, 0.1) is 10.1 Å². The summed E-state index contributed by atoms with van der Waals surface area (Å²) in [7, 11) is 1.51. The van der Waals surface area contributed by atoms with Crippen LogP contribution in [0.4, 0.5) is 10.7 Å². The van der Waals surface area contributed by atoms with Gasteiger partial charge in [-0.1, -0.05) is 17.4 Å². The summed E-state index contributed by atoms with van der Waals surface area (Å²) in [5, 5.41) is 13.0. The number of methoxy groups -OCH3 is 1. The topological polar surface area (TPSA) is 108 Å². The molecule has 1 aromatic heterocycles. The quantitative estimate of drug-likeness (QED) is 0.487. The number of anilines is 1. The van der Waals surface area contributed by atoms with Crippen molar-refractivity contribution >= 4 is 33.9 Å². The molecule has 0 aliphatic carbocycles. The summed E-state index contributed by atoms with van der Waals surface area (Å²) in [6.45, 7) is 1.41. The fourth-order valence-electron chi connectivity index (χ4n) is 1.75. The van der Waals surface area contributed by atoms with E-state index in [9.17, 15) is 19.7 Å². The van der Waals surface area contributed by atoms with Gasteiger partial charge in [-0.05, 0) is 25.1 Å².